The summed E-state index contributed by atoms with van der Waals surface area (Å²) in [5, 5.41) is 42.7. The standard InChI is InChI=1S/C29H27F3N4O6/c30-19-10-17(11-20(31)24(19)32)21-12-36(35-34-21)25-26(38)22(13-37)42-29(27(25)39)18(7-8-41-29)23(28(33)40)16-6-5-14-3-1-2-4-15(14)9-16/h1-6,9-12,18,22-23,25-27,37-39H,7-8,13H2,(H2,33,40)/t18-,22-,23?,25+,26+,27-,29+/m1/s1. The highest BCUT2D eigenvalue weighted by molar-refractivity contribution is 5.87. The third-order valence-electron chi connectivity index (χ3n) is 8.19. The predicted octanol–water partition coefficient (Wildman–Crippen LogP) is 2.17. The number of nitrogens with zero attached hydrogens (tertiary/aromatic N) is 3. The van der Waals surface area contributed by atoms with Crippen molar-refractivity contribution in [3.05, 3.63) is 83.8 Å². The van der Waals surface area contributed by atoms with E-state index in [0.29, 0.717) is 5.56 Å². The van der Waals surface area contributed by atoms with Crippen LogP contribution in [-0.2, 0) is 14.3 Å². The van der Waals surface area contributed by atoms with Crippen molar-refractivity contribution in [1.82, 2.24) is 15.0 Å². The Balaban J connectivity index is 1.40. The second-order valence-electron chi connectivity index (χ2n) is 10.6. The summed E-state index contributed by atoms with van der Waals surface area (Å²) in [5.41, 5.74) is 6.28. The summed E-state index contributed by atoms with van der Waals surface area (Å²) < 4.78 is 54.4. The van der Waals surface area contributed by atoms with Gasteiger partial charge < -0.3 is 30.5 Å². The zero-order chi connectivity index (χ0) is 29.8. The summed E-state index contributed by atoms with van der Waals surface area (Å²) >= 11 is 0. The second-order valence-corrected chi connectivity index (χ2v) is 10.6. The van der Waals surface area contributed by atoms with Gasteiger partial charge in [-0.15, -0.1) is 5.10 Å². The zero-order valence-electron chi connectivity index (χ0n) is 22.0. The number of primary amides is 1. The van der Waals surface area contributed by atoms with Gasteiger partial charge in [-0.1, -0.05) is 47.7 Å². The molecule has 1 aromatic heterocycles. The number of aliphatic hydroxyl groups excluding tert-OH is 3. The lowest BCUT2D eigenvalue weighted by Crippen LogP contribution is -2.66. The average molecular weight is 585 g/mol. The number of hydrogen-bond donors (Lipinski definition) is 4. The summed E-state index contributed by atoms with van der Waals surface area (Å²) in [6.07, 6.45) is -3.08. The lowest BCUT2D eigenvalue weighted by molar-refractivity contribution is -0.354. The first-order valence-corrected chi connectivity index (χ1v) is 13.3. The van der Waals surface area contributed by atoms with E-state index in [1.165, 1.54) is 6.20 Å². The van der Waals surface area contributed by atoms with Gasteiger partial charge in [0.05, 0.1) is 25.3 Å². The molecule has 2 fully saturated rings. The van der Waals surface area contributed by atoms with E-state index in [4.69, 9.17) is 15.2 Å². The fourth-order valence-corrected chi connectivity index (χ4v) is 6.20. The Bertz CT molecular complexity index is 1630. The van der Waals surface area contributed by atoms with Gasteiger partial charge >= 0.3 is 0 Å². The van der Waals surface area contributed by atoms with Crippen molar-refractivity contribution in [3.63, 3.8) is 0 Å². The Morgan fingerprint density at radius 3 is 2.50 bits per heavy atom. The van der Waals surface area contributed by atoms with Crippen LogP contribution in [0.25, 0.3) is 22.0 Å². The van der Waals surface area contributed by atoms with Crippen molar-refractivity contribution in [3.8, 4) is 11.3 Å². The molecule has 3 aromatic carbocycles. The molecule has 4 aromatic rings. The highest BCUT2D eigenvalue weighted by Gasteiger charge is 2.63. The Labute approximate surface area is 237 Å². The molecule has 0 radical (unpaired) electrons. The van der Waals surface area contributed by atoms with Crippen LogP contribution in [0.4, 0.5) is 13.2 Å². The summed E-state index contributed by atoms with van der Waals surface area (Å²) in [6, 6.07) is 13.1. The summed E-state index contributed by atoms with van der Waals surface area (Å²) in [6.45, 7) is -0.619. The first kappa shape index (κ1) is 28.2. The van der Waals surface area contributed by atoms with Crippen molar-refractivity contribution < 1.29 is 42.8 Å². The van der Waals surface area contributed by atoms with Crippen LogP contribution in [0.15, 0.2) is 60.8 Å². The molecule has 7 atom stereocenters. The van der Waals surface area contributed by atoms with Crippen molar-refractivity contribution >= 4 is 16.7 Å². The van der Waals surface area contributed by atoms with Gasteiger partial charge in [-0.05, 0) is 34.9 Å². The number of aromatic nitrogens is 3. The summed E-state index contributed by atoms with van der Waals surface area (Å²) in [5.74, 6) is -8.95. The lowest BCUT2D eigenvalue weighted by atomic mass is 9.74. The average Bonchev–Trinajstić information content (AvgIpc) is 3.62. The van der Waals surface area contributed by atoms with Gasteiger partial charge in [-0.25, -0.2) is 17.9 Å². The number of amides is 1. The number of fused-ring (bicyclic) bond motifs is 1. The van der Waals surface area contributed by atoms with E-state index in [1.54, 1.807) is 6.07 Å². The molecule has 220 valence electrons. The number of carbonyl (C=O) groups excluding carboxylic acids is 1. The summed E-state index contributed by atoms with van der Waals surface area (Å²) in [4.78, 5) is 13.0. The smallest absolute Gasteiger partial charge is 0.225 e. The van der Waals surface area contributed by atoms with Crippen LogP contribution in [-0.4, -0.2) is 73.5 Å². The van der Waals surface area contributed by atoms with Crippen molar-refractivity contribution in [1.29, 1.82) is 0 Å². The zero-order valence-corrected chi connectivity index (χ0v) is 22.0. The first-order chi connectivity index (χ1) is 20.1. The molecule has 5 N–H and O–H groups in total. The van der Waals surface area contributed by atoms with Crippen LogP contribution in [0.3, 0.4) is 0 Å². The number of benzene rings is 3. The predicted molar refractivity (Wildman–Crippen MR) is 141 cm³/mol. The number of halogens is 3. The number of hydrogen-bond acceptors (Lipinski definition) is 8. The van der Waals surface area contributed by atoms with E-state index in [1.807, 2.05) is 36.4 Å². The molecule has 6 rings (SSSR count). The second kappa shape index (κ2) is 10.7. The van der Waals surface area contributed by atoms with E-state index >= 15 is 0 Å². The molecule has 42 heavy (non-hydrogen) atoms. The van der Waals surface area contributed by atoms with Crippen LogP contribution >= 0.6 is 0 Å². The van der Waals surface area contributed by atoms with Crippen LogP contribution in [0.1, 0.15) is 23.9 Å². The molecule has 13 heteroatoms. The van der Waals surface area contributed by atoms with Crippen molar-refractivity contribution in [2.75, 3.05) is 13.2 Å². The molecule has 2 saturated heterocycles. The van der Waals surface area contributed by atoms with Gasteiger partial charge in [0.2, 0.25) is 11.7 Å². The minimum absolute atomic E-state index is 0.0663. The quantitative estimate of drug-likeness (QED) is 0.252. The van der Waals surface area contributed by atoms with E-state index < -0.39 is 71.9 Å². The van der Waals surface area contributed by atoms with Crippen molar-refractivity contribution in [2.24, 2.45) is 11.7 Å². The molecule has 3 heterocycles. The fraction of sp³-hybridized carbons (Fsp3) is 0.345. The molecule has 1 unspecified atom stereocenters. The molecule has 1 spiro atoms. The normalized spacial score (nSPS) is 28.4. The van der Waals surface area contributed by atoms with Crippen LogP contribution in [0.2, 0.25) is 0 Å². The van der Waals surface area contributed by atoms with Gasteiger partial charge in [-0.3, -0.25) is 4.79 Å². The molecule has 1 amide bonds. The monoisotopic (exact) mass is 584 g/mol. The van der Waals surface area contributed by atoms with Crippen molar-refractivity contribution in [2.45, 2.75) is 42.5 Å². The number of nitrogens with two attached hydrogens (primary N) is 1. The maximum atomic E-state index is 13.9. The van der Waals surface area contributed by atoms with Gasteiger partial charge in [0.15, 0.2) is 17.5 Å². The molecule has 2 aliphatic rings. The molecule has 10 nitrogen and oxygen atoms in total. The molecule has 0 saturated carbocycles. The molecular weight excluding hydrogens is 557 g/mol. The minimum Gasteiger partial charge on any atom is -0.394 e. The Kier molecular flexibility index (Phi) is 7.23. The third kappa shape index (κ3) is 4.53. The van der Waals surface area contributed by atoms with E-state index in [-0.39, 0.29) is 24.3 Å². The van der Waals surface area contributed by atoms with Gasteiger partial charge in [0.25, 0.3) is 0 Å². The maximum Gasteiger partial charge on any atom is 0.225 e. The lowest BCUT2D eigenvalue weighted by Gasteiger charge is -2.50. The third-order valence-corrected chi connectivity index (χ3v) is 8.19. The Hall–Kier alpha value is -3.88. The minimum atomic E-state index is -1.91. The Morgan fingerprint density at radius 2 is 1.81 bits per heavy atom. The molecule has 2 aliphatic heterocycles. The highest BCUT2D eigenvalue weighted by atomic mass is 19.2. The molecule has 0 aliphatic carbocycles. The fourth-order valence-electron chi connectivity index (χ4n) is 6.20. The van der Waals surface area contributed by atoms with Crippen LogP contribution in [0.5, 0.6) is 0 Å². The van der Waals surface area contributed by atoms with E-state index in [9.17, 15) is 33.3 Å². The van der Waals surface area contributed by atoms with Gasteiger partial charge in [-0.2, -0.15) is 0 Å². The highest BCUT2D eigenvalue weighted by Crippen LogP contribution is 2.51. The number of ether oxygens (including phenoxy) is 2. The largest absolute Gasteiger partial charge is 0.394 e. The number of rotatable bonds is 6. The summed E-state index contributed by atoms with van der Waals surface area (Å²) in [7, 11) is 0. The number of carbonyl (C=O) groups is 1. The van der Waals surface area contributed by atoms with E-state index in [0.717, 1.165) is 27.6 Å². The van der Waals surface area contributed by atoms with Gasteiger partial charge in [0, 0.05) is 11.5 Å². The first-order valence-electron chi connectivity index (χ1n) is 13.3. The molecular formula is C29H27F3N4O6. The maximum absolute atomic E-state index is 13.9. The van der Waals surface area contributed by atoms with Crippen LogP contribution in [0, 0.1) is 23.4 Å². The topological polar surface area (TPSA) is 153 Å². The Morgan fingerprint density at radius 1 is 1.10 bits per heavy atom. The number of aliphatic hydroxyl groups is 3. The SMILES string of the molecule is NC(=O)C(c1ccc2ccccc2c1)[C@H]1CCO[C@]12O[C@H](CO)[C@H](O)[C@H](n1cc(-c3cc(F)c(F)c(F)c3)nn1)[C@H]2O. The molecule has 0 bridgehead atoms. The van der Waals surface area contributed by atoms with Gasteiger partial charge in [0.1, 0.15) is 30.0 Å². The van der Waals surface area contributed by atoms with Crippen LogP contribution < -0.4 is 5.73 Å². The van der Waals surface area contributed by atoms with E-state index in [2.05, 4.69) is 10.3 Å².